The third-order valence-electron chi connectivity index (χ3n) is 6.98. The molecule has 1 aromatic carbocycles. The first-order chi connectivity index (χ1) is 17.0. The molecule has 8 heteroatoms. The monoisotopic (exact) mass is 466 g/mol. The number of aromatic amines is 1. The van der Waals surface area contributed by atoms with Crippen molar-refractivity contribution in [1.29, 1.82) is 0 Å². The number of hydrogen-bond acceptors (Lipinski definition) is 7. The summed E-state index contributed by atoms with van der Waals surface area (Å²) in [4.78, 5) is 19.2. The second kappa shape index (κ2) is 8.78. The molecule has 0 saturated carbocycles. The van der Waals surface area contributed by atoms with Crippen molar-refractivity contribution in [3.63, 3.8) is 0 Å². The van der Waals surface area contributed by atoms with Crippen LogP contribution in [0, 0.1) is 20.8 Å². The molecular weight excluding hydrogens is 436 g/mol. The molecule has 2 unspecified atom stereocenters. The Morgan fingerprint density at radius 2 is 1.74 bits per heavy atom. The molecule has 3 aliphatic rings. The molecule has 4 aromatic rings. The largest absolute Gasteiger partial charge is 0.353 e. The molecule has 2 bridgehead atoms. The highest BCUT2D eigenvalue weighted by atomic mass is 15.4. The van der Waals surface area contributed by atoms with Crippen LogP contribution in [0.3, 0.4) is 0 Å². The van der Waals surface area contributed by atoms with Gasteiger partial charge in [-0.2, -0.15) is 5.10 Å². The van der Waals surface area contributed by atoms with E-state index < -0.39 is 0 Å². The number of aromatic nitrogens is 5. The van der Waals surface area contributed by atoms with E-state index in [0.29, 0.717) is 23.7 Å². The van der Waals surface area contributed by atoms with Gasteiger partial charge in [0.05, 0.1) is 0 Å². The molecule has 35 heavy (non-hydrogen) atoms. The lowest BCUT2D eigenvalue weighted by atomic mass is 9.86. The zero-order chi connectivity index (χ0) is 23.9. The summed E-state index contributed by atoms with van der Waals surface area (Å²) in [7, 11) is 0. The van der Waals surface area contributed by atoms with Crippen LogP contribution < -0.4 is 10.2 Å². The number of piperidine rings is 1. The maximum atomic E-state index is 4.79. The number of H-pyrrole nitrogens is 1. The van der Waals surface area contributed by atoms with Gasteiger partial charge in [0.25, 0.3) is 0 Å². The lowest BCUT2D eigenvalue weighted by molar-refractivity contribution is -0.00868. The van der Waals surface area contributed by atoms with Crippen molar-refractivity contribution in [2.75, 3.05) is 23.3 Å². The molecule has 6 heterocycles. The Balaban J connectivity index is 1.13. The van der Waals surface area contributed by atoms with Gasteiger partial charge >= 0.3 is 0 Å². The molecule has 2 N–H and O–H groups in total. The standard InChI is InChI=1S/C27H30N8/c1-17-4-6-20(7-5-17)14-35-22-12-23(35)16-34(15-22)26-9-8-21(13-28-26)27-29-18(2)10-24(31-27)30-25-11-19(3)32-33-25/h4-11,13,22-23H,12,14-16H2,1-3H3,(H2,29,30,31,32,33). The number of nitrogens with one attached hydrogen (secondary N) is 2. The molecule has 178 valence electrons. The number of nitrogens with zero attached hydrogens (tertiary/aromatic N) is 6. The van der Waals surface area contributed by atoms with Gasteiger partial charge in [-0.3, -0.25) is 10.00 Å². The van der Waals surface area contributed by atoms with Crippen molar-refractivity contribution < 1.29 is 0 Å². The number of pyridine rings is 1. The summed E-state index contributed by atoms with van der Waals surface area (Å²) in [5, 5.41) is 10.4. The Hall–Kier alpha value is -3.78. The fraction of sp³-hybridized carbons (Fsp3) is 0.333. The zero-order valence-electron chi connectivity index (χ0n) is 20.4. The van der Waals surface area contributed by atoms with Gasteiger partial charge in [-0.25, -0.2) is 15.0 Å². The number of piperazine rings is 1. The second-order valence-electron chi connectivity index (χ2n) is 9.79. The summed E-state index contributed by atoms with van der Waals surface area (Å²) < 4.78 is 0. The fourth-order valence-electron chi connectivity index (χ4n) is 5.12. The van der Waals surface area contributed by atoms with Gasteiger partial charge in [-0.15, -0.1) is 0 Å². The highest BCUT2D eigenvalue weighted by Gasteiger charge is 2.44. The van der Waals surface area contributed by atoms with E-state index in [9.17, 15) is 0 Å². The average Bonchev–Trinajstić information content (AvgIpc) is 3.27. The average molecular weight is 467 g/mol. The molecule has 7 rings (SSSR count). The lowest BCUT2D eigenvalue weighted by Gasteiger charge is -2.56. The number of fused-ring (bicyclic) bond motifs is 2. The first kappa shape index (κ1) is 21.7. The van der Waals surface area contributed by atoms with E-state index in [1.165, 1.54) is 17.5 Å². The maximum Gasteiger partial charge on any atom is 0.163 e. The van der Waals surface area contributed by atoms with Crippen LogP contribution in [-0.4, -0.2) is 55.2 Å². The molecule has 3 aromatic heterocycles. The van der Waals surface area contributed by atoms with Gasteiger partial charge in [-0.1, -0.05) is 29.8 Å². The van der Waals surface area contributed by atoms with E-state index >= 15 is 0 Å². The molecule has 2 atom stereocenters. The Morgan fingerprint density at radius 1 is 0.943 bits per heavy atom. The SMILES string of the molecule is Cc1ccc(CN2C3CC2CN(c2ccc(-c4nc(C)cc(Nc5cc(C)[nH]n5)n4)cn2)C3)cc1. The molecule has 3 saturated heterocycles. The molecule has 0 aliphatic carbocycles. The van der Waals surface area contributed by atoms with Crippen LogP contribution in [-0.2, 0) is 6.54 Å². The lowest BCUT2D eigenvalue weighted by Crippen LogP contribution is -2.68. The van der Waals surface area contributed by atoms with E-state index in [2.05, 4.69) is 78.6 Å². The number of benzene rings is 1. The summed E-state index contributed by atoms with van der Waals surface area (Å²) in [5.74, 6) is 3.13. The van der Waals surface area contributed by atoms with Crippen molar-refractivity contribution in [1.82, 2.24) is 30.0 Å². The summed E-state index contributed by atoms with van der Waals surface area (Å²) in [5.41, 5.74) is 5.50. The predicted octanol–water partition coefficient (Wildman–Crippen LogP) is 4.39. The predicted molar refractivity (Wildman–Crippen MR) is 138 cm³/mol. The van der Waals surface area contributed by atoms with E-state index in [1.54, 1.807) is 0 Å². The first-order valence-electron chi connectivity index (χ1n) is 12.2. The minimum Gasteiger partial charge on any atom is -0.353 e. The second-order valence-corrected chi connectivity index (χ2v) is 9.79. The molecule has 3 fully saturated rings. The Morgan fingerprint density at radius 3 is 2.43 bits per heavy atom. The van der Waals surface area contributed by atoms with Crippen molar-refractivity contribution in [3.8, 4) is 11.4 Å². The summed E-state index contributed by atoms with van der Waals surface area (Å²) in [6, 6.07) is 18.1. The summed E-state index contributed by atoms with van der Waals surface area (Å²) >= 11 is 0. The van der Waals surface area contributed by atoms with Crippen LogP contribution in [0.4, 0.5) is 17.5 Å². The molecule has 8 nitrogen and oxygen atoms in total. The highest BCUT2D eigenvalue weighted by molar-refractivity contribution is 5.61. The minimum absolute atomic E-state index is 0.593. The third kappa shape index (κ3) is 4.49. The van der Waals surface area contributed by atoms with Crippen molar-refractivity contribution in [2.24, 2.45) is 0 Å². The minimum atomic E-state index is 0.593. The van der Waals surface area contributed by atoms with Crippen LogP contribution in [0.1, 0.15) is 28.9 Å². The van der Waals surface area contributed by atoms with Crippen LogP contribution in [0.2, 0.25) is 0 Å². The molecule has 0 amide bonds. The van der Waals surface area contributed by atoms with E-state index in [4.69, 9.17) is 4.98 Å². The zero-order valence-corrected chi connectivity index (χ0v) is 20.4. The fourth-order valence-corrected chi connectivity index (χ4v) is 5.12. The van der Waals surface area contributed by atoms with Crippen molar-refractivity contribution in [2.45, 2.75) is 45.8 Å². The molecule has 0 radical (unpaired) electrons. The summed E-state index contributed by atoms with van der Waals surface area (Å²) in [6.07, 6.45) is 3.17. The smallest absolute Gasteiger partial charge is 0.163 e. The van der Waals surface area contributed by atoms with Crippen molar-refractivity contribution in [3.05, 3.63) is 77.2 Å². The van der Waals surface area contributed by atoms with Crippen LogP contribution >= 0.6 is 0 Å². The molecular formula is C27H30N8. The number of aryl methyl sites for hydroxylation is 3. The Labute approximate surface area is 205 Å². The normalized spacial score (nSPS) is 19.5. The highest BCUT2D eigenvalue weighted by Crippen LogP contribution is 2.35. The quantitative estimate of drug-likeness (QED) is 0.436. The van der Waals surface area contributed by atoms with Crippen molar-refractivity contribution >= 4 is 17.5 Å². The topological polar surface area (TPSA) is 85.9 Å². The molecule has 3 aliphatic heterocycles. The van der Waals surface area contributed by atoms with Gasteiger partial charge in [0.15, 0.2) is 11.6 Å². The van der Waals surface area contributed by atoms with Gasteiger partial charge in [0, 0.05) is 67.0 Å². The van der Waals surface area contributed by atoms with E-state index in [1.807, 2.05) is 32.2 Å². The van der Waals surface area contributed by atoms with Crippen LogP contribution in [0.25, 0.3) is 11.4 Å². The first-order valence-corrected chi connectivity index (χ1v) is 12.2. The maximum absolute atomic E-state index is 4.79. The van der Waals surface area contributed by atoms with E-state index in [0.717, 1.165) is 48.2 Å². The third-order valence-corrected chi connectivity index (χ3v) is 6.98. The summed E-state index contributed by atoms with van der Waals surface area (Å²) in [6.45, 7) is 9.15. The van der Waals surface area contributed by atoms with Crippen LogP contribution in [0.5, 0.6) is 0 Å². The number of anilines is 3. The van der Waals surface area contributed by atoms with Gasteiger partial charge in [0.1, 0.15) is 11.6 Å². The Bertz CT molecular complexity index is 1320. The number of hydrogen-bond donors (Lipinski definition) is 2. The Kier molecular flexibility index (Phi) is 5.45. The van der Waals surface area contributed by atoms with Gasteiger partial charge in [0.2, 0.25) is 0 Å². The number of rotatable bonds is 6. The molecule has 0 spiro atoms. The van der Waals surface area contributed by atoms with Gasteiger partial charge in [-0.05, 0) is 44.9 Å². The van der Waals surface area contributed by atoms with E-state index in [-0.39, 0.29) is 0 Å². The van der Waals surface area contributed by atoms with Crippen LogP contribution in [0.15, 0.2) is 54.7 Å². The van der Waals surface area contributed by atoms with Gasteiger partial charge < -0.3 is 10.2 Å².